The number of hydrogen-bond acceptors (Lipinski definition) is 6. The van der Waals surface area contributed by atoms with Gasteiger partial charge in [-0.15, -0.1) is 0 Å². The molecule has 0 saturated heterocycles. The molecule has 0 amide bonds. The largest absolute Gasteiger partial charge is 0.462 e. The lowest BCUT2D eigenvalue weighted by Crippen LogP contribution is -2.38. The minimum absolute atomic E-state index is 0.321. The number of benzene rings is 2. The molecular weight excluding hydrogens is 440 g/mol. The zero-order valence-corrected chi connectivity index (χ0v) is 20.6. The standard InChI is InChI=1S/C28H32N4O3/c1-4-16-35-28-31-24-10-6-9-23(27(33)34-5-2)26(24)32(28)18-20-11-13-21(14-12-20)25-22(8-7-15-29)17-19(3)30-25/h6,9-14,17,28,30-31H,4-5,7-8,16,18H2,1-3H3. The summed E-state index contributed by atoms with van der Waals surface area (Å²) in [5.41, 5.74) is 7.66. The smallest absolute Gasteiger partial charge is 0.340 e. The molecule has 0 aliphatic carbocycles. The molecule has 0 fully saturated rings. The number of fused-ring (bicyclic) bond motifs is 1. The Morgan fingerprint density at radius 3 is 2.69 bits per heavy atom. The van der Waals surface area contributed by atoms with Gasteiger partial charge in [-0.25, -0.2) is 4.79 Å². The van der Waals surface area contributed by atoms with E-state index in [1.165, 1.54) is 0 Å². The maximum atomic E-state index is 12.7. The Morgan fingerprint density at radius 2 is 1.97 bits per heavy atom. The number of carbonyl (C=O) groups is 1. The van der Waals surface area contributed by atoms with Crippen LogP contribution >= 0.6 is 0 Å². The van der Waals surface area contributed by atoms with Crippen LogP contribution in [0.15, 0.2) is 48.5 Å². The number of H-pyrrole nitrogens is 1. The van der Waals surface area contributed by atoms with Gasteiger partial charge in [-0.2, -0.15) is 5.26 Å². The fourth-order valence-electron chi connectivity index (χ4n) is 4.46. The van der Waals surface area contributed by atoms with E-state index in [-0.39, 0.29) is 12.3 Å². The van der Waals surface area contributed by atoms with Crippen LogP contribution in [0.4, 0.5) is 11.4 Å². The van der Waals surface area contributed by atoms with E-state index < -0.39 is 0 Å². The molecule has 2 heterocycles. The van der Waals surface area contributed by atoms with E-state index in [2.05, 4.69) is 58.5 Å². The summed E-state index contributed by atoms with van der Waals surface area (Å²) in [4.78, 5) is 18.2. The number of nitrogens with one attached hydrogen (secondary N) is 2. The first-order chi connectivity index (χ1) is 17.0. The van der Waals surface area contributed by atoms with Gasteiger partial charge in [0.25, 0.3) is 0 Å². The fourth-order valence-corrected chi connectivity index (χ4v) is 4.46. The summed E-state index contributed by atoms with van der Waals surface area (Å²) in [5, 5.41) is 12.4. The molecule has 1 unspecified atom stereocenters. The van der Waals surface area contributed by atoms with Crippen LogP contribution < -0.4 is 10.2 Å². The quantitative estimate of drug-likeness (QED) is 0.364. The molecule has 3 aromatic rings. The van der Waals surface area contributed by atoms with Crippen molar-refractivity contribution in [2.45, 2.75) is 52.9 Å². The second-order valence-corrected chi connectivity index (χ2v) is 8.63. The number of hydrogen-bond donors (Lipinski definition) is 2. The van der Waals surface area contributed by atoms with Crippen LogP contribution in [0, 0.1) is 18.3 Å². The molecule has 7 nitrogen and oxygen atoms in total. The topological polar surface area (TPSA) is 90.4 Å². The van der Waals surface area contributed by atoms with Crippen molar-refractivity contribution in [3.63, 3.8) is 0 Å². The number of para-hydroxylation sites is 1. The maximum Gasteiger partial charge on any atom is 0.340 e. The van der Waals surface area contributed by atoms with E-state index in [1.54, 1.807) is 6.07 Å². The van der Waals surface area contributed by atoms with Gasteiger partial charge in [-0.05, 0) is 61.6 Å². The lowest BCUT2D eigenvalue weighted by molar-refractivity contribution is 0.0525. The van der Waals surface area contributed by atoms with Crippen LogP contribution in [0.3, 0.4) is 0 Å². The zero-order chi connectivity index (χ0) is 24.8. The van der Waals surface area contributed by atoms with Crippen LogP contribution in [0.25, 0.3) is 11.3 Å². The number of ether oxygens (including phenoxy) is 2. The van der Waals surface area contributed by atoms with Gasteiger partial charge in [0.05, 0.1) is 36.2 Å². The normalized spacial score (nSPS) is 14.3. The van der Waals surface area contributed by atoms with E-state index in [0.29, 0.717) is 31.7 Å². The first-order valence-electron chi connectivity index (χ1n) is 12.1. The summed E-state index contributed by atoms with van der Waals surface area (Å²) >= 11 is 0. The highest BCUT2D eigenvalue weighted by molar-refractivity contribution is 6.00. The predicted molar refractivity (Wildman–Crippen MR) is 137 cm³/mol. The minimum atomic E-state index is -0.371. The van der Waals surface area contributed by atoms with Crippen molar-refractivity contribution in [3.8, 4) is 17.3 Å². The average molecular weight is 473 g/mol. The molecule has 2 N–H and O–H groups in total. The highest BCUT2D eigenvalue weighted by Crippen LogP contribution is 2.39. The number of carbonyl (C=O) groups excluding carboxylic acids is 1. The number of rotatable bonds is 10. The highest BCUT2D eigenvalue weighted by Gasteiger charge is 2.33. The van der Waals surface area contributed by atoms with E-state index in [0.717, 1.165) is 52.3 Å². The van der Waals surface area contributed by atoms with E-state index in [1.807, 2.05) is 26.0 Å². The molecule has 182 valence electrons. The Morgan fingerprint density at radius 1 is 1.17 bits per heavy atom. The summed E-state index contributed by atoms with van der Waals surface area (Å²) in [6.45, 7) is 7.40. The van der Waals surface area contributed by atoms with Crippen molar-refractivity contribution < 1.29 is 14.3 Å². The molecule has 7 heteroatoms. The van der Waals surface area contributed by atoms with Crippen molar-refractivity contribution in [2.75, 3.05) is 23.4 Å². The SMILES string of the molecule is CCCOC1Nc2cccc(C(=O)OCC)c2N1Cc1ccc(-c2[nH]c(C)cc2CCC#N)cc1. The van der Waals surface area contributed by atoms with Crippen LogP contribution in [-0.2, 0) is 22.4 Å². The lowest BCUT2D eigenvalue weighted by atomic mass is 10.0. The van der Waals surface area contributed by atoms with Crippen LogP contribution in [-0.4, -0.2) is 30.5 Å². The van der Waals surface area contributed by atoms with Crippen molar-refractivity contribution in [1.29, 1.82) is 5.26 Å². The molecule has 0 radical (unpaired) electrons. The van der Waals surface area contributed by atoms with Gasteiger partial charge in [-0.3, -0.25) is 0 Å². The van der Waals surface area contributed by atoms with Gasteiger partial charge in [0.15, 0.2) is 0 Å². The molecule has 1 aliphatic rings. The predicted octanol–water partition coefficient (Wildman–Crippen LogP) is 5.77. The van der Waals surface area contributed by atoms with Crippen LogP contribution in [0.2, 0.25) is 0 Å². The van der Waals surface area contributed by atoms with Gasteiger partial charge in [0, 0.05) is 24.4 Å². The second kappa shape index (κ2) is 11.1. The number of aromatic nitrogens is 1. The van der Waals surface area contributed by atoms with E-state index in [9.17, 15) is 4.79 Å². The Balaban J connectivity index is 1.62. The Hall–Kier alpha value is -3.76. The van der Waals surface area contributed by atoms with Gasteiger partial charge in [0.2, 0.25) is 6.35 Å². The van der Waals surface area contributed by atoms with E-state index >= 15 is 0 Å². The summed E-state index contributed by atoms with van der Waals surface area (Å²) in [5.74, 6) is -0.338. The van der Waals surface area contributed by atoms with Crippen molar-refractivity contribution in [1.82, 2.24) is 4.98 Å². The Kier molecular flexibility index (Phi) is 7.74. The number of esters is 1. The highest BCUT2D eigenvalue weighted by atomic mass is 16.5. The monoisotopic (exact) mass is 472 g/mol. The molecule has 35 heavy (non-hydrogen) atoms. The second-order valence-electron chi connectivity index (χ2n) is 8.63. The molecular formula is C28H32N4O3. The third kappa shape index (κ3) is 5.33. The zero-order valence-electron chi connectivity index (χ0n) is 20.6. The Labute approximate surface area is 206 Å². The lowest BCUT2D eigenvalue weighted by Gasteiger charge is -2.27. The third-order valence-electron chi connectivity index (χ3n) is 6.00. The van der Waals surface area contributed by atoms with Crippen LogP contribution in [0.5, 0.6) is 0 Å². The van der Waals surface area contributed by atoms with Gasteiger partial charge in [-0.1, -0.05) is 37.3 Å². The summed E-state index contributed by atoms with van der Waals surface area (Å²) in [6, 6.07) is 18.3. The van der Waals surface area contributed by atoms with Gasteiger partial charge < -0.3 is 24.7 Å². The molecule has 0 bridgehead atoms. The first-order valence-corrected chi connectivity index (χ1v) is 12.1. The van der Waals surface area contributed by atoms with Crippen molar-refractivity contribution in [3.05, 3.63) is 70.9 Å². The van der Waals surface area contributed by atoms with Gasteiger partial charge >= 0.3 is 5.97 Å². The maximum absolute atomic E-state index is 12.7. The summed E-state index contributed by atoms with van der Waals surface area (Å²) in [6.07, 6.45) is 1.74. The van der Waals surface area contributed by atoms with Gasteiger partial charge in [0.1, 0.15) is 0 Å². The van der Waals surface area contributed by atoms with Crippen LogP contribution in [0.1, 0.15) is 53.9 Å². The molecule has 1 aromatic heterocycles. The molecule has 0 spiro atoms. The Bertz CT molecular complexity index is 1210. The summed E-state index contributed by atoms with van der Waals surface area (Å²) in [7, 11) is 0. The molecule has 2 aromatic carbocycles. The molecule has 1 aliphatic heterocycles. The molecule has 4 rings (SSSR count). The number of nitriles is 1. The average Bonchev–Trinajstić information content (AvgIpc) is 3.41. The van der Waals surface area contributed by atoms with Crippen molar-refractivity contribution >= 4 is 17.3 Å². The number of nitrogens with zero attached hydrogens (tertiary/aromatic N) is 2. The van der Waals surface area contributed by atoms with Crippen molar-refractivity contribution in [2.24, 2.45) is 0 Å². The molecule has 0 saturated carbocycles. The fraction of sp³-hybridized carbons (Fsp3) is 0.357. The third-order valence-corrected chi connectivity index (χ3v) is 6.00. The molecule has 1 atom stereocenters. The summed E-state index contributed by atoms with van der Waals surface area (Å²) < 4.78 is 11.4. The number of anilines is 2. The van der Waals surface area contributed by atoms with E-state index in [4.69, 9.17) is 14.7 Å². The number of aromatic amines is 1. The minimum Gasteiger partial charge on any atom is -0.462 e. The number of aryl methyl sites for hydroxylation is 2. The first kappa shape index (κ1) is 24.4.